The molecule has 0 radical (unpaired) electrons. The molecule has 2 aromatic rings. The lowest BCUT2D eigenvalue weighted by molar-refractivity contribution is 0.103. The Morgan fingerprint density at radius 2 is 1.27 bits per heavy atom. The Bertz CT molecular complexity index is 661. The van der Waals surface area contributed by atoms with Crippen LogP contribution in [0.3, 0.4) is 0 Å². The SMILES string of the molecule is COc1ccc(C(=O)c2cc(OC)c(OC)cc2OC)cc1. The van der Waals surface area contributed by atoms with Crippen LogP contribution < -0.4 is 18.9 Å². The van der Waals surface area contributed by atoms with E-state index in [-0.39, 0.29) is 5.78 Å². The fourth-order valence-corrected chi connectivity index (χ4v) is 2.10. The fourth-order valence-electron chi connectivity index (χ4n) is 2.10. The van der Waals surface area contributed by atoms with Gasteiger partial charge in [0.05, 0.1) is 34.0 Å². The van der Waals surface area contributed by atoms with Crippen molar-refractivity contribution in [2.45, 2.75) is 0 Å². The molecule has 0 saturated heterocycles. The van der Waals surface area contributed by atoms with Crippen molar-refractivity contribution in [2.75, 3.05) is 28.4 Å². The van der Waals surface area contributed by atoms with Gasteiger partial charge in [-0.25, -0.2) is 0 Å². The van der Waals surface area contributed by atoms with E-state index in [0.717, 1.165) is 0 Å². The van der Waals surface area contributed by atoms with Gasteiger partial charge in [0.25, 0.3) is 0 Å². The largest absolute Gasteiger partial charge is 0.497 e. The molecule has 116 valence electrons. The summed E-state index contributed by atoms with van der Waals surface area (Å²) in [5, 5.41) is 0. The van der Waals surface area contributed by atoms with Crippen LogP contribution in [0.15, 0.2) is 36.4 Å². The topological polar surface area (TPSA) is 54.0 Å². The van der Waals surface area contributed by atoms with Crippen LogP contribution in [0.2, 0.25) is 0 Å². The predicted octanol–water partition coefficient (Wildman–Crippen LogP) is 2.95. The Kier molecular flexibility index (Phi) is 4.88. The first-order valence-electron chi connectivity index (χ1n) is 6.63. The van der Waals surface area contributed by atoms with Gasteiger partial charge in [0, 0.05) is 11.6 Å². The van der Waals surface area contributed by atoms with Crippen LogP contribution in [0.1, 0.15) is 15.9 Å². The molecule has 2 aromatic carbocycles. The third-order valence-corrected chi connectivity index (χ3v) is 3.30. The maximum absolute atomic E-state index is 12.7. The highest BCUT2D eigenvalue weighted by Gasteiger charge is 2.19. The summed E-state index contributed by atoms with van der Waals surface area (Å²) in [6, 6.07) is 10.1. The Hall–Kier alpha value is -2.69. The second kappa shape index (κ2) is 6.85. The standard InChI is InChI=1S/C17H18O5/c1-19-12-7-5-11(6-8-12)17(18)13-9-15(21-3)16(22-4)10-14(13)20-2/h5-10H,1-4H3. The number of ketones is 1. The predicted molar refractivity (Wildman–Crippen MR) is 82.5 cm³/mol. The molecular formula is C17H18O5. The second-order valence-corrected chi connectivity index (χ2v) is 4.47. The molecule has 5 heteroatoms. The van der Waals surface area contributed by atoms with E-state index in [9.17, 15) is 4.79 Å². The third-order valence-electron chi connectivity index (χ3n) is 3.30. The number of ether oxygens (including phenoxy) is 4. The number of hydrogen-bond acceptors (Lipinski definition) is 5. The highest BCUT2D eigenvalue weighted by Crippen LogP contribution is 2.35. The van der Waals surface area contributed by atoms with E-state index in [1.165, 1.54) is 21.3 Å². The number of carbonyl (C=O) groups excluding carboxylic acids is 1. The summed E-state index contributed by atoms with van der Waals surface area (Å²) in [5.41, 5.74) is 0.941. The highest BCUT2D eigenvalue weighted by atomic mass is 16.5. The summed E-state index contributed by atoms with van der Waals surface area (Å²) in [6.07, 6.45) is 0. The molecule has 0 fully saturated rings. The number of carbonyl (C=O) groups is 1. The first-order chi connectivity index (χ1) is 10.6. The zero-order chi connectivity index (χ0) is 16.1. The maximum Gasteiger partial charge on any atom is 0.196 e. The minimum absolute atomic E-state index is 0.166. The van der Waals surface area contributed by atoms with Crippen LogP contribution >= 0.6 is 0 Å². The molecule has 0 amide bonds. The van der Waals surface area contributed by atoms with Gasteiger partial charge >= 0.3 is 0 Å². The van der Waals surface area contributed by atoms with Crippen molar-refractivity contribution in [3.8, 4) is 23.0 Å². The highest BCUT2D eigenvalue weighted by molar-refractivity contribution is 6.11. The fraction of sp³-hybridized carbons (Fsp3) is 0.235. The average Bonchev–Trinajstić information content (AvgIpc) is 2.59. The van der Waals surface area contributed by atoms with E-state index in [4.69, 9.17) is 18.9 Å². The molecule has 0 heterocycles. The van der Waals surface area contributed by atoms with Crippen molar-refractivity contribution in [1.82, 2.24) is 0 Å². The molecule has 0 aliphatic heterocycles. The van der Waals surface area contributed by atoms with Gasteiger partial charge in [-0.2, -0.15) is 0 Å². The Labute approximate surface area is 129 Å². The molecule has 0 bridgehead atoms. The minimum Gasteiger partial charge on any atom is -0.497 e. The molecule has 2 rings (SSSR count). The van der Waals surface area contributed by atoms with Crippen LogP contribution in [0.4, 0.5) is 0 Å². The zero-order valence-corrected chi connectivity index (χ0v) is 13.0. The van der Waals surface area contributed by atoms with E-state index in [1.807, 2.05) is 0 Å². The van der Waals surface area contributed by atoms with Crippen LogP contribution in [-0.2, 0) is 0 Å². The van der Waals surface area contributed by atoms with Crippen LogP contribution in [0.25, 0.3) is 0 Å². The Morgan fingerprint density at radius 1 is 0.727 bits per heavy atom. The van der Waals surface area contributed by atoms with Crippen molar-refractivity contribution in [2.24, 2.45) is 0 Å². The van der Waals surface area contributed by atoms with Crippen molar-refractivity contribution >= 4 is 5.78 Å². The van der Waals surface area contributed by atoms with Crippen LogP contribution in [0.5, 0.6) is 23.0 Å². The Balaban J connectivity index is 2.47. The molecular weight excluding hydrogens is 284 g/mol. The summed E-state index contributed by atoms with van der Waals surface area (Å²) < 4.78 is 20.9. The molecule has 0 spiro atoms. The average molecular weight is 302 g/mol. The van der Waals surface area contributed by atoms with Gasteiger partial charge in [0.15, 0.2) is 17.3 Å². The molecule has 0 aromatic heterocycles. The van der Waals surface area contributed by atoms with Crippen molar-refractivity contribution < 1.29 is 23.7 Å². The van der Waals surface area contributed by atoms with Gasteiger partial charge < -0.3 is 18.9 Å². The lowest BCUT2D eigenvalue weighted by Crippen LogP contribution is -2.05. The summed E-state index contributed by atoms with van der Waals surface area (Å²) in [7, 11) is 6.13. The quantitative estimate of drug-likeness (QED) is 0.768. The first-order valence-corrected chi connectivity index (χ1v) is 6.63. The summed E-state index contributed by atoms with van der Waals surface area (Å²) >= 11 is 0. The van der Waals surface area contributed by atoms with Gasteiger partial charge in [-0.15, -0.1) is 0 Å². The molecule has 22 heavy (non-hydrogen) atoms. The smallest absolute Gasteiger partial charge is 0.196 e. The minimum atomic E-state index is -0.166. The first kappa shape index (κ1) is 15.7. The van der Waals surface area contributed by atoms with E-state index in [1.54, 1.807) is 43.5 Å². The molecule has 0 N–H and O–H groups in total. The van der Waals surface area contributed by atoms with Gasteiger partial charge in [-0.1, -0.05) is 0 Å². The number of rotatable bonds is 6. The lowest BCUT2D eigenvalue weighted by atomic mass is 10.0. The van der Waals surface area contributed by atoms with Crippen LogP contribution in [0, 0.1) is 0 Å². The van der Waals surface area contributed by atoms with E-state index < -0.39 is 0 Å². The number of benzene rings is 2. The number of methoxy groups -OCH3 is 4. The van der Waals surface area contributed by atoms with Crippen molar-refractivity contribution in [1.29, 1.82) is 0 Å². The molecule has 0 saturated carbocycles. The van der Waals surface area contributed by atoms with Crippen molar-refractivity contribution in [3.05, 3.63) is 47.5 Å². The van der Waals surface area contributed by atoms with Gasteiger partial charge in [0.1, 0.15) is 11.5 Å². The van der Waals surface area contributed by atoms with Crippen LogP contribution in [-0.4, -0.2) is 34.2 Å². The molecule has 0 aliphatic rings. The normalized spacial score (nSPS) is 10.0. The molecule has 0 atom stereocenters. The zero-order valence-electron chi connectivity index (χ0n) is 13.0. The van der Waals surface area contributed by atoms with Crippen molar-refractivity contribution in [3.63, 3.8) is 0 Å². The maximum atomic E-state index is 12.7. The lowest BCUT2D eigenvalue weighted by Gasteiger charge is -2.13. The summed E-state index contributed by atoms with van der Waals surface area (Å²) in [5.74, 6) is 1.93. The molecule has 5 nitrogen and oxygen atoms in total. The van der Waals surface area contributed by atoms with E-state index in [0.29, 0.717) is 34.1 Å². The van der Waals surface area contributed by atoms with E-state index >= 15 is 0 Å². The third kappa shape index (κ3) is 2.98. The molecule has 0 unspecified atom stereocenters. The Morgan fingerprint density at radius 3 is 1.77 bits per heavy atom. The van der Waals surface area contributed by atoms with E-state index in [2.05, 4.69) is 0 Å². The van der Waals surface area contributed by atoms with Gasteiger partial charge in [0.2, 0.25) is 0 Å². The monoisotopic (exact) mass is 302 g/mol. The number of hydrogen-bond donors (Lipinski definition) is 0. The van der Waals surface area contributed by atoms with Gasteiger partial charge in [-0.3, -0.25) is 4.79 Å². The summed E-state index contributed by atoms with van der Waals surface area (Å²) in [4.78, 5) is 12.7. The summed E-state index contributed by atoms with van der Waals surface area (Å²) in [6.45, 7) is 0. The second-order valence-electron chi connectivity index (χ2n) is 4.47. The molecule has 0 aliphatic carbocycles. The van der Waals surface area contributed by atoms with Gasteiger partial charge in [-0.05, 0) is 30.3 Å².